The van der Waals surface area contributed by atoms with Crippen LogP contribution in [-0.2, 0) is 0 Å². The van der Waals surface area contributed by atoms with E-state index in [-0.39, 0.29) is 0 Å². The Hall–Kier alpha value is -9.38. The van der Waals surface area contributed by atoms with Gasteiger partial charge in [0, 0.05) is 60.7 Å². The number of aromatic nitrogens is 4. The van der Waals surface area contributed by atoms with Crippen LogP contribution < -0.4 is 10.4 Å². The molecule has 0 fully saturated rings. The van der Waals surface area contributed by atoms with Gasteiger partial charge in [0.05, 0.1) is 0 Å². The Balaban J connectivity index is 0.000000153. The van der Waals surface area contributed by atoms with Crippen molar-refractivity contribution < 1.29 is 0 Å². The first-order valence-electron chi connectivity index (χ1n) is 24.6. The third kappa shape index (κ3) is 10.1. The first kappa shape index (κ1) is 47.3. The lowest BCUT2D eigenvalue weighted by Gasteiger charge is -2.16. The predicted molar refractivity (Wildman–Crippen MR) is 309 cm³/mol. The Morgan fingerprint density at radius 3 is 1.42 bits per heavy atom. The smallest absolute Gasteiger partial charge is 0.0346 e. The summed E-state index contributed by atoms with van der Waals surface area (Å²) in [5, 5.41) is 9.90. The maximum atomic E-state index is 4.37. The molecule has 4 heteroatoms. The van der Waals surface area contributed by atoms with E-state index in [4.69, 9.17) is 0 Å². The first-order valence-corrected chi connectivity index (χ1v) is 24.6. The number of pyridine rings is 4. The van der Waals surface area contributed by atoms with E-state index in [0.717, 1.165) is 21.6 Å². The second-order valence-electron chi connectivity index (χ2n) is 18.0. The van der Waals surface area contributed by atoms with Crippen molar-refractivity contribution in [3.63, 3.8) is 0 Å². The molecule has 0 bridgehead atoms. The van der Waals surface area contributed by atoms with Crippen molar-refractivity contribution >= 4 is 50.5 Å². The highest BCUT2D eigenvalue weighted by atomic mass is 14.6. The van der Waals surface area contributed by atoms with Crippen molar-refractivity contribution in [2.75, 3.05) is 0 Å². The molecule has 0 unspecified atom stereocenters. The van der Waals surface area contributed by atoms with Gasteiger partial charge in [-0.15, -0.1) is 0 Å². The molecular weight excluding hydrogens is 885 g/mol. The lowest BCUT2D eigenvalue weighted by atomic mass is 9.87. The van der Waals surface area contributed by atoms with E-state index in [9.17, 15) is 0 Å². The molecule has 0 spiro atoms. The van der Waals surface area contributed by atoms with E-state index < -0.39 is 0 Å². The van der Waals surface area contributed by atoms with E-state index >= 15 is 0 Å². The number of nitrogens with zero attached hydrogens (tertiary/aromatic N) is 4. The second kappa shape index (κ2) is 21.7. The number of benzene rings is 8. The zero-order valence-corrected chi connectivity index (χ0v) is 41.4. The average molecular weight is 939 g/mol. The van der Waals surface area contributed by atoms with Crippen LogP contribution in [0.1, 0.15) is 29.2 Å². The molecule has 0 atom stereocenters. The average Bonchev–Trinajstić information content (AvgIpc) is 3.46. The Labute approximate surface area is 427 Å². The molecule has 0 aliphatic rings. The van der Waals surface area contributed by atoms with Gasteiger partial charge >= 0.3 is 0 Å². The molecule has 4 heterocycles. The Morgan fingerprint density at radius 1 is 0.425 bits per heavy atom. The first-order chi connectivity index (χ1) is 35.9. The molecule has 4 aromatic heterocycles. The SMILES string of the molecule is C=C/C=c1/ccc(/C(=C\C)c2cccnc2)c(C)c1=C.Cc1ccc(-c2cccnc2)cc1.c1cncc(-c2ccc3ccc4c(-c5ccc(-c6ccc(-c7ccncc7)cc6)cc5)ccc5ccc2c3c54)c1. The summed E-state index contributed by atoms with van der Waals surface area (Å²) in [6, 6.07) is 64.8. The molecule has 73 heavy (non-hydrogen) atoms. The predicted octanol–water partition coefficient (Wildman–Crippen LogP) is 16.3. The Morgan fingerprint density at radius 2 is 0.904 bits per heavy atom. The highest BCUT2D eigenvalue weighted by Crippen LogP contribution is 2.42. The van der Waals surface area contributed by atoms with Crippen LogP contribution in [0.15, 0.2) is 250 Å². The van der Waals surface area contributed by atoms with Crippen molar-refractivity contribution in [2.45, 2.75) is 20.8 Å². The molecule has 0 saturated heterocycles. The Kier molecular flexibility index (Phi) is 14.1. The number of rotatable bonds is 8. The van der Waals surface area contributed by atoms with Gasteiger partial charge in [-0.3, -0.25) is 19.9 Å². The summed E-state index contributed by atoms with van der Waals surface area (Å²) < 4.78 is 0. The molecule has 0 N–H and O–H groups in total. The van der Waals surface area contributed by atoms with Crippen LogP contribution in [0.25, 0.3) is 106 Å². The monoisotopic (exact) mass is 938 g/mol. The van der Waals surface area contributed by atoms with Gasteiger partial charge < -0.3 is 0 Å². The van der Waals surface area contributed by atoms with Crippen LogP contribution in [0.4, 0.5) is 0 Å². The van der Waals surface area contributed by atoms with Crippen LogP contribution in [0.3, 0.4) is 0 Å². The standard InChI is InChI=1S/C38H24N2.C19H19N.C12H11N/c1-2-32(24-40-21-1)34-16-12-31-13-17-35-33(15-11-30-14-18-36(34)38(31)37(30)35)29-9-7-26(8-10-29)25-3-5-27(6-4-25)28-19-22-39-23-20-28;1-5-8-16-10-11-19(15(4)14(16)3)18(6-2)17-9-7-12-20-13-17;1-10-4-6-11(7-5-10)12-3-2-8-13-9-12/h1-24H;5-13H,1,3H2,2,4H3;2-9H,1H3/b;16-8-,18-6-;. The van der Waals surface area contributed by atoms with E-state index in [1.165, 1.54) is 105 Å². The van der Waals surface area contributed by atoms with Crippen LogP contribution in [0.5, 0.6) is 0 Å². The van der Waals surface area contributed by atoms with Gasteiger partial charge in [-0.05, 0) is 161 Å². The minimum Gasteiger partial charge on any atom is -0.265 e. The fourth-order valence-corrected chi connectivity index (χ4v) is 9.70. The van der Waals surface area contributed by atoms with Crippen molar-refractivity contribution in [2.24, 2.45) is 0 Å². The molecule has 0 saturated carbocycles. The van der Waals surface area contributed by atoms with Crippen molar-refractivity contribution in [3.05, 3.63) is 283 Å². The van der Waals surface area contributed by atoms with E-state index in [1.54, 1.807) is 18.5 Å². The van der Waals surface area contributed by atoms with Gasteiger partial charge in [0.1, 0.15) is 0 Å². The summed E-state index contributed by atoms with van der Waals surface area (Å²) in [4.78, 5) is 16.8. The molecule has 12 rings (SSSR count). The minimum atomic E-state index is 1.05. The van der Waals surface area contributed by atoms with Crippen LogP contribution in [-0.4, -0.2) is 19.9 Å². The number of allylic oxidation sites excluding steroid dienone is 2. The second-order valence-corrected chi connectivity index (χ2v) is 18.0. The van der Waals surface area contributed by atoms with E-state index in [1.807, 2.05) is 80.5 Å². The van der Waals surface area contributed by atoms with Gasteiger partial charge in [-0.1, -0.05) is 189 Å². The fraction of sp³-hybridized carbons (Fsp3) is 0.0435. The summed E-state index contributed by atoms with van der Waals surface area (Å²) in [7, 11) is 0. The maximum Gasteiger partial charge on any atom is 0.0346 e. The van der Waals surface area contributed by atoms with Crippen LogP contribution in [0.2, 0.25) is 0 Å². The van der Waals surface area contributed by atoms with Gasteiger partial charge in [0.2, 0.25) is 0 Å². The summed E-state index contributed by atoms with van der Waals surface area (Å²) in [6.07, 6.45) is 20.7. The quantitative estimate of drug-likeness (QED) is 0.142. The molecule has 8 aromatic carbocycles. The van der Waals surface area contributed by atoms with Gasteiger partial charge in [-0.25, -0.2) is 0 Å². The topological polar surface area (TPSA) is 51.6 Å². The maximum absolute atomic E-state index is 4.37. The molecule has 0 amide bonds. The van der Waals surface area contributed by atoms with Gasteiger partial charge in [-0.2, -0.15) is 0 Å². The largest absolute Gasteiger partial charge is 0.265 e. The summed E-state index contributed by atoms with van der Waals surface area (Å²) in [6.45, 7) is 14.2. The number of hydrogen-bond donors (Lipinski definition) is 0. The molecule has 0 radical (unpaired) electrons. The van der Waals surface area contributed by atoms with Gasteiger partial charge in [0.15, 0.2) is 0 Å². The highest BCUT2D eigenvalue weighted by molar-refractivity contribution is 6.27. The third-order valence-electron chi connectivity index (χ3n) is 13.6. The van der Waals surface area contributed by atoms with E-state index in [0.29, 0.717) is 0 Å². The summed E-state index contributed by atoms with van der Waals surface area (Å²) >= 11 is 0. The van der Waals surface area contributed by atoms with E-state index in [2.05, 4.69) is 205 Å². The minimum absolute atomic E-state index is 1.05. The lowest BCUT2D eigenvalue weighted by Crippen LogP contribution is -2.26. The summed E-state index contributed by atoms with van der Waals surface area (Å²) in [5.41, 5.74) is 18.0. The third-order valence-corrected chi connectivity index (χ3v) is 13.6. The van der Waals surface area contributed by atoms with Crippen LogP contribution in [0, 0.1) is 13.8 Å². The number of hydrogen-bond acceptors (Lipinski definition) is 4. The highest BCUT2D eigenvalue weighted by Gasteiger charge is 2.15. The molecule has 350 valence electrons. The molecule has 12 aromatic rings. The zero-order valence-electron chi connectivity index (χ0n) is 41.4. The Bertz CT molecular complexity index is 3960. The van der Waals surface area contributed by atoms with Crippen molar-refractivity contribution in [1.82, 2.24) is 19.9 Å². The van der Waals surface area contributed by atoms with Crippen molar-refractivity contribution in [1.29, 1.82) is 0 Å². The van der Waals surface area contributed by atoms with Gasteiger partial charge in [0.25, 0.3) is 0 Å². The molecule has 4 nitrogen and oxygen atoms in total. The molecule has 0 aliphatic heterocycles. The number of aryl methyl sites for hydroxylation is 1. The lowest BCUT2D eigenvalue weighted by molar-refractivity contribution is 1.29. The summed E-state index contributed by atoms with van der Waals surface area (Å²) in [5.74, 6) is 0. The normalized spacial score (nSPS) is 11.5. The fourth-order valence-electron chi connectivity index (χ4n) is 9.70. The molecular formula is C69H54N4. The molecule has 0 aliphatic carbocycles. The van der Waals surface area contributed by atoms with Crippen molar-refractivity contribution in [3.8, 4) is 55.6 Å². The van der Waals surface area contributed by atoms with Crippen LogP contribution >= 0.6 is 0 Å². The zero-order chi connectivity index (χ0) is 50.1.